The molecular weight excluding hydrogens is 449 g/mol. The molecule has 4 amide bonds. The summed E-state index contributed by atoms with van der Waals surface area (Å²) in [5.74, 6) is -1.41. The lowest BCUT2D eigenvalue weighted by atomic mass is 10.1. The lowest BCUT2D eigenvalue weighted by Gasteiger charge is -2.26. The maximum Gasteiger partial charge on any atom is 0.335 e. The van der Waals surface area contributed by atoms with E-state index in [-0.39, 0.29) is 5.57 Å². The number of aromatic nitrogens is 1. The third-order valence-electron chi connectivity index (χ3n) is 5.29. The minimum atomic E-state index is -0.774. The van der Waals surface area contributed by atoms with Crippen molar-refractivity contribution >= 4 is 52.8 Å². The number of halogens is 2. The SMILES string of the molecule is Cc1cccc(N2C(=O)NC(=O)/C(=C/c3cc(C)n(-c4ccc(Cl)c(Cl)c4)c3C)C2=O)c1. The van der Waals surface area contributed by atoms with Crippen LogP contribution in [-0.2, 0) is 9.59 Å². The number of nitrogens with zero attached hydrogens (tertiary/aromatic N) is 2. The van der Waals surface area contributed by atoms with E-state index in [0.29, 0.717) is 21.3 Å². The van der Waals surface area contributed by atoms with Crippen molar-refractivity contribution < 1.29 is 14.4 Å². The number of imide groups is 2. The molecule has 0 radical (unpaired) electrons. The van der Waals surface area contributed by atoms with Gasteiger partial charge < -0.3 is 4.57 Å². The molecule has 0 bridgehead atoms. The zero-order valence-electron chi connectivity index (χ0n) is 17.6. The van der Waals surface area contributed by atoms with E-state index in [1.54, 1.807) is 30.3 Å². The lowest BCUT2D eigenvalue weighted by Crippen LogP contribution is -2.54. The topological polar surface area (TPSA) is 71.4 Å². The summed E-state index contributed by atoms with van der Waals surface area (Å²) in [4.78, 5) is 39.1. The molecule has 1 N–H and O–H groups in total. The number of hydrogen-bond acceptors (Lipinski definition) is 3. The highest BCUT2D eigenvalue weighted by molar-refractivity contribution is 6.42. The number of rotatable bonds is 3. The molecule has 0 atom stereocenters. The number of barbiturate groups is 1. The van der Waals surface area contributed by atoms with Gasteiger partial charge >= 0.3 is 6.03 Å². The maximum absolute atomic E-state index is 13.2. The first-order valence-corrected chi connectivity index (χ1v) is 10.6. The summed E-state index contributed by atoms with van der Waals surface area (Å²) in [6.45, 7) is 5.63. The van der Waals surface area contributed by atoms with Crippen LogP contribution in [0, 0.1) is 20.8 Å². The van der Waals surface area contributed by atoms with Gasteiger partial charge in [-0.05, 0) is 74.4 Å². The lowest BCUT2D eigenvalue weighted by molar-refractivity contribution is -0.122. The number of aryl methyl sites for hydroxylation is 2. The second-order valence-corrected chi connectivity index (χ2v) is 8.37. The van der Waals surface area contributed by atoms with E-state index >= 15 is 0 Å². The van der Waals surface area contributed by atoms with Gasteiger partial charge in [0.1, 0.15) is 5.57 Å². The van der Waals surface area contributed by atoms with Crippen molar-refractivity contribution in [2.24, 2.45) is 0 Å². The zero-order valence-corrected chi connectivity index (χ0v) is 19.1. The second-order valence-electron chi connectivity index (χ2n) is 7.56. The number of benzene rings is 2. The molecule has 6 nitrogen and oxygen atoms in total. The van der Waals surface area contributed by atoms with Crippen LogP contribution in [0.3, 0.4) is 0 Å². The van der Waals surface area contributed by atoms with Crippen LogP contribution in [0.4, 0.5) is 10.5 Å². The molecule has 1 aromatic heterocycles. The Morgan fingerprint density at radius 2 is 1.62 bits per heavy atom. The van der Waals surface area contributed by atoms with E-state index < -0.39 is 17.8 Å². The smallest absolute Gasteiger partial charge is 0.318 e. The number of hydrogen-bond donors (Lipinski definition) is 1. The summed E-state index contributed by atoms with van der Waals surface area (Å²) in [5.41, 5.74) is 4.31. The molecule has 1 aliphatic heterocycles. The van der Waals surface area contributed by atoms with E-state index in [0.717, 1.165) is 27.5 Å². The average molecular weight is 468 g/mol. The Hall–Kier alpha value is -3.35. The van der Waals surface area contributed by atoms with Crippen LogP contribution in [0.1, 0.15) is 22.5 Å². The number of urea groups is 1. The van der Waals surface area contributed by atoms with Crippen LogP contribution in [0.25, 0.3) is 11.8 Å². The Labute approximate surface area is 195 Å². The number of carbonyl (C=O) groups excluding carboxylic acids is 3. The minimum Gasteiger partial charge on any atom is -0.318 e. The molecule has 1 fully saturated rings. The molecule has 0 saturated carbocycles. The predicted molar refractivity (Wildman–Crippen MR) is 125 cm³/mol. The summed E-state index contributed by atoms with van der Waals surface area (Å²) in [6.07, 6.45) is 1.50. The monoisotopic (exact) mass is 467 g/mol. The largest absolute Gasteiger partial charge is 0.335 e. The van der Waals surface area contributed by atoms with Gasteiger partial charge in [0.2, 0.25) is 0 Å². The van der Waals surface area contributed by atoms with Crippen molar-refractivity contribution in [1.82, 2.24) is 9.88 Å². The van der Waals surface area contributed by atoms with Gasteiger partial charge in [-0.1, -0.05) is 35.3 Å². The Kier molecular flexibility index (Phi) is 5.67. The Balaban J connectivity index is 1.77. The summed E-state index contributed by atoms with van der Waals surface area (Å²) in [5, 5.41) is 3.13. The molecule has 0 aliphatic carbocycles. The molecule has 1 aliphatic rings. The molecule has 162 valence electrons. The predicted octanol–water partition coefficient (Wildman–Crippen LogP) is 5.38. The summed E-state index contributed by atoms with van der Waals surface area (Å²) < 4.78 is 1.95. The molecule has 4 rings (SSSR count). The second kappa shape index (κ2) is 8.30. The minimum absolute atomic E-state index is 0.125. The molecule has 0 unspecified atom stereocenters. The van der Waals surface area contributed by atoms with Crippen molar-refractivity contribution in [3.8, 4) is 5.69 Å². The van der Waals surface area contributed by atoms with Crippen LogP contribution >= 0.6 is 23.2 Å². The van der Waals surface area contributed by atoms with E-state index in [9.17, 15) is 14.4 Å². The van der Waals surface area contributed by atoms with Crippen LogP contribution in [-0.4, -0.2) is 22.4 Å². The molecule has 1 saturated heterocycles. The normalized spacial score (nSPS) is 15.5. The first-order valence-electron chi connectivity index (χ1n) is 9.80. The van der Waals surface area contributed by atoms with E-state index in [2.05, 4.69) is 5.32 Å². The fourth-order valence-corrected chi connectivity index (χ4v) is 4.06. The highest BCUT2D eigenvalue weighted by atomic mass is 35.5. The van der Waals surface area contributed by atoms with Gasteiger partial charge in [-0.2, -0.15) is 0 Å². The highest BCUT2D eigenvalue weighted by Crippen LogP contribution is 2.29. The Bertz CT molecular complexity index is 1320. The number of carbonyl (C=O) groups is 3. The van der Waals surface area contributed by atoms with Gasteiger partial charge in [-0.25, -0.2) is 9.69 Å². The van der Waals surface area contributed by atoms with Crippen LogP contribution in [0.5, 0.6) is 0 Å². The van der Waals surface area contributed by atoms with Crippen molar-refractivity contribution in [3.63, 3.8) is 0 Å². The van der Waals surface area contributed by atoms with Gasteiger partial charge in [0.05, 0.1) is 15.7 Å². The number of nitrogens with one attached hydrogen (secondary N) is 1. The van der Waals surface area contributed by atoms with Crippen molar-refractivity contribution in [3.05, 3.63) is 86.7 Å². The molecule has 2 heterocycles. The first kappa shape index (κ1) is 21.9. The zero-order chi connectivity index (χ0) is 23.2. The summed E-state index contributed by atoms with van der Waals surface area (Å²) in [6, 6.07) is 13.3. The van der Waals surface area contributed by atoms with Gasteiger partial charge in [0, 0.05) is 17.1 Å². The van der Waals surface area contributed by atoms with Gasteiger partial charge in [0.15, 0.2) is 0 Å². The third-order valence-corrected chi connectivity index (χ3v) is 6.03. The third kappa shape index (κ3) is 3.83. The van der Waals surface area contributed by atoms with Crippen molar-refractivity contribution in [2.45, 2.75) is 20.8 Å². The Morgan fingerprint density at radius 1 is 0.875 bits per heavy atom. The Morgan fingerprint density at radius 3 is 2.31 bits per heavy atom. The number of amides is 4. The van der Waals surface area contributed by atoms with Crippen LogP contribution in [0.15, 0.2) is 54.1 Å². The van der Waals surface area contributed by atoms with Crippen molar-refractivity contribution in [1.29, 1.82) is 0 Å². The molecule has 2 aromatic carbocycles. The van der Waals surface area contributed by atoms with Crippen molar-refractivity contribution in [2.75, 3.05) is 4.90 Å². The van der Waals surface area contributed by atoms with Crippen LogP contribution < -0.4 is 10.2 Å². The highest BCUT2D eigenvalue weighted by Gasteiger charge is 2.37. The van der Waals surface area contributed by atoms with Gasteiger partial charge in [-0.15, -0.1) is 0 Å². The maximum atomic E-state index is 13.2. The fraction of sp³-hybridized carbons (Fsp3) is 0.125. The number of anilines is 1. The standard InChI is InChI=1S/C24H19Cl2N3O3/c1-13-5-4-6-17(9-13)29-23(31)19(22(30)27-24(29)32)11-16-10-14(2)28(15(16)3)18-7-8-20(25)21(26)12-18/h4-12H,1-3H3,(H,27,30,32)/b19-11-. The fourth-order valence-electron chi connectivity index (χ4n) is 3.77. The van der Waals surface area contributed by atoms with E-state index in [4.69, 9.17) is 23.2 Å². The van der Waals surface area contributed by atoms with Gasteiger partial charge in [-0.3, -0.25) is 14.9 Å². The molecule has 0 spiro atoms. The quantitative estimate of drug-likeness (QED) is 0.415. The molecule has 3 aromatic rings. The molecular formula is C24H19Cl2N3O3. The molecule has 32 heavy (non-hydrogen) atoms. The van der Waals surface area contributed by atoms with Gasteiger partial charge in [0.25, 0.3) is 11.8 Å². The summed E-state index contributed by atoms with van der Waals surface area (Å²) >= 11 is 12.2. The average Bonchev–Trinajstić information content (AvgIpc) is 3.00. The van der Waals surface area contributed by atoms with E-state index in [1.165, 1.54) is 6.08 Å². The molecule has 8 heteroatoms. The summed E-state index contributed by atoms with van der Waals surface area (Å²) in [7, 11) is 0. The van der Waals surface area contributed by atoms with Crippen LogP contribution in [0.2, 0.25) is 10.0 Å². The van der Waals surface area contributed by atoms with E-state index in [1.807, 2.05) is 43.5 Å². The first-order chi connectivity index (χ1) is 15.2.